The van der Waals surface area contributed by atoms with Crippen LogP contribution in [0.15, 0.2) is 70.5 Å². The van der Waals surface area contributed by atoms with E-state index in [4.69, 9.17) is 0 Å². The van der Waals surface area contributed by atoms with Crippen LogP contribution < -0.4 is 0 Å². The standard InChI is InChI=1S/C23H29NO2.C4H10.C2H6/c1-7-12-24-15-22(20(6)25)23(26)14-18(4)17(3)13-19(5)21-10-8-16(2)9-11-21;1-4(2)3;1-2/h8-11,13-15,26H,5,7,12H2,1-4,6H3;4H,1-3H3;1-2H3/b17-13+,18-14+,23-22-,24-15?;;. The molecule has 1 aromatic rings. The second-order valence-electron chi connectivity index (χ2n) is 8.17. The predicted molar refractivity (Wildman–Crippen MR) is 144 cm³/mol. The van der Waals surface area contributed by atoms with E-state index in [0.29, 0.717) is 6.54 Å². The maximum atomic E-state index is 11.8. The zero-order valence-corrected chi connectivity index (χ0v) is 22.0. The Balaban J connectivity index is 0. The van der Waals surface area contributed by atoms with Crippen LogP contribution in [0.5, 0.6) is 0 Å². The molecule has 0 aliphatic heterocycles. The fourth-order valence-corrected chi connectivity index (χ4v) is 2.25. The second-order valence-corrected chi connectivity index (χ2v) is 8.17. The molecule has 0 unspecified atom stereocenters. The summed E-state index contributed by atoms with van der Waals surface area (Å²) in [7, 11) is 0. The smallest absolute Gasteiger partial charge is 0.165 e. The summed E-state index contributed by atoms with van der Waals surface area (Å²) in [6, 6.07) is 8.18. The predicted octanol–water partition coefficient (Wildman–Crippen LogP) is 8.47. The molecule has 0 fully saturated rings. The Morgan fingerprint density at radius 3 is 1.94 bits per heavy atom. The highest BCUT2D eigenvalue weighted by Gasteiger charge is 2.08. The summed E-state index contributed by atoms with van der Waals surface area (Å²) >= 11 is 0. The van der Waals surface area contributed by atoms with Gasteiger partial charge in [-0.05, 0) is 68.4 Å². The Morgan fingerprint density at radius 1 is 1.03 bits per heavy atom. The van der Waals surface area contributed by atoms with Gasteiger partial charge in [0.05, 0.1) is 5.57 Å². The van der Waals surface area contributed by atoms with E-state index in [1.54, 1.807) is 6.08 Å². The van der Waals surface area contributed by atoms with Crippen molar-refractivity contribution in [3.63, 3.8) is 0 Å². The lowest BCUT2D eigenvalue weighted by Gasteiger charge is -2.07. The molecule has 1 N–H and O–H groups in total. The normalized spacial score (nSPS) is 12.5. The third kappa shape index (κ3) is 14.3. The third-order valence-corrected chi connectivity index (χ3v) is 4.02. The fraction of sp³-hybridized carbons (Fsp3) is 0.448. The van der Waals surface area contributed by atoms with Crippen molar-refractivity contribution in [2.24, 2.45) is 10.9 Å². The van der Waals surface area contributed by atoms with Gasteiger partial charge in [0.25, 0.3) is 0 Å². The molecule has 0 spiro atoms. The van der Waals surface area contributed by atoms with Crippen LogP contribution in [0.25, 0.3) is 5.57 Å². The van der Waals surface area contributed by atoms with Gasteiger partial charge in [0.2, 0.25) is 0 Å². The van der Waals surface area contributed by atoms with E-state index in [0.717, 1.165) is 34.6 Å². The summed E-state index contributed by atoms with van der Waals surface area (Å²) in [5.74, 6) is 0.556. The lowest BCUT2D eigenvalue weighted by atomic mass is 10.00. The number of aliphatic hydroxyl groups excluding tert-OH is 1. The molecule has 32 heavy (non-hydrogen) atoms. The number of ketones is 1. The van der Waals surface area contributed by atoms with Crippen molar-refractivity contribution in [2.75, 3.05) is 6.54 Å². The number of rotatable bonds is 8. The molecule has 0 saturated heterocycles. The highest BCUT2D eigenvalue weighted by molar-refractivity contribution is 6.12. The molecule has 3 heteroatoms. The number of aliphatic hydroxyl groups is 1. The van der Waals surface area contributed by atoms with Crippen molar-refractivity contribution in [3.8, 4) is 0 Å². The topological polar surface area (TPSA) is 49.7 Å². The number of hydrogen-bond donors (Lipinski definition) is 1. The van der Waals surface area contributed by atoms with Gasteiger partial charge in [0.1, 0.15) is 5.76 Å². The Labute approximate surface area is 197 Å². The summed E-state index contributed by atoms with van der Waals surface area (Å²) in [5.41, 5.74) is 5.21. The maximum Gasteiger partial charge on any atom is 0.165 e. The maximum absolute atomic E-state index is 11.8. The molecule has 0 amide bonds. The van der Waals surface area contributed by atoms with Gasteiger partial charge in [-0.25, -0.2) is 0 Å². The van der Waals surface area contributed by atoms with Crippen LogP contribution in [0.2, 0.25) is 0 Å². The number of benzene rings is 1. The van der Waals surface area contributed by atoms with Gasteiger partial charge in [0.15, 0.2) is 5.78 Å². The van der Waals surface area contributed by atoms with Gasteiger partial charge < -0.3 is 5.11 Å². The summed E-state index contributed by atoms with van der Waals surface area (Å²) in [5, 5.41) is 10.3. The fourth-order valence-electron chi connectivity index (χ4n) is 2.25. The zero-order chi connectivity index (χ0) is 25.3. The molecule has 0 aliphatic carbocycles. The minimum atomic E-state index is -0.211. The molecule has 0 atom stereocenters. The minimum Gasteiger partial charge on any atom is -0.507 e. The number of aryl methyl sites for hydroxylation is 1. The molecule has 178 valence electrons. The first-order valence-electron chi connectivity index (χ1n) is 11.6. The largest absolute Gasteiger partial charge is 0.507 e. The van der Waals surface area contributed by atoms with E-state index >= 15 is 0 Å². The summed E-state index contributed by atoms with van der Waals surface area (Å²) in [6.45, 7) is 24.6. The zero-order valence-electron chi connectivity index (χ0n) is 22.0. The monoisotopic (exact) mass is 439 g/mol. The molecule has 1 rings (SSSR count). The van der Waals surface area contributed by atoms with Crippen molar-refractivity contribution >= 4 is 17.6 Å². The van der Waals surface area contributed by atoms with Crippen molar-refractivity contribution < 1.29 is 9.90 Å². The van der Waals surface area contributed by atoms with Gasteiger partial charge in [-0.2, -0.15) is 0 Å². The molecule has 3 nitrogen and oxygen atoms in total. The molecule has 1 aromatic carbocycles. The van der Waals surface area contributed by atoms with E-state index in [2.05, 4.69) is 44.5 Å². The number of Topliss-reactive ketones (excluding diaryl/α,β-unsaturated/α-hetero) is 1. The summed E-state index contributed by atoms with van der Waals surface area (Å²) in [6.07, 6.45) is 5.92. The Kier molecular flexibility index (Phi) is 17.7. The van der Waals surface area contributed by atoms with Crippen LogP contribution >= 0.6 is 0 Å². The van der Waals surface area contributed by atoms with Crippen molar-refractivity contribution in [1.29, 1.82) is 0 Å². The van der Waals surface area contributed by atoms with Crippen LogP contribution in [-0.4, -0.2) is 23.6 Å². The van der Waals surface area contributed by atoms with Crippen LogP contribution in [0.3, 0.4) is 0 Å². The Hall–Kier alpha value is -2.68. The summed E-state index contributed by atoms with van der Waals surface area (Å²) in [4.78, 5) is 15.9. The molecule has 0 heterocycles. The van der Waals surface area contributed by atoms with Gasteiger partial charge in [-0.3, -0.25) is 9.79 Å². The highest BCUT2D eigenvalue weighted by Crippen LogP contribution is 2.20. The van der Waals surface area contributed by atoms with Crippen LogP contribution in [0.4, 0.5) is 0 Å². The van der Waals surface area contributed by atoms with Gasteiger partial charge in [-0.1, -0.05) is 84.0 Å². The lowest BCUT2D eigenvalue weighted by molar-refractivity contribution is -0.113. The first-order chi connectivity index (χ1) is 15.0. The molecular weight excluding hydrogens is 394 g/mol. The first kappa shape index (κ1) is 31.5. The van der Waals surface area contributed by atoms with Crippen molar-refractivity contribution in [2.45, 2.75) is 75.7 Å². The SMILES string of the molecule is C=C(/C=C(C)/C(C)=C/C(O)=C(\C=NCCC)C(C)=O)c1ccc(C)cc1.CC.CC(C)C. The average Bonchev–Trinajstić information content (AvgIpc) is 2.72. The lowest BCUT2D eigenvalue weighted by Crippen LogP contribution is -2.03. The van der Waals surface area contributed by atoms with Gasteiger partial charge >= 0.3 is 0 Å². The highest BCUT2D eigenvalue weighted by atomic mass is 16.3. The number of carbonyl (C=O) groups is 1. The van der Waals surface area contributed by atoms with Crippen LogP contribution in [0, 0.1) is 12.8 Å². The number of allylic oxidation sites excluding steroid dienone is 6. The van der Waals surface area contributed by atoms with Crippen LogP contribution in [-0.2, 0) is 4.79 Å². The average molecular weight is 440 g/mol. The molecular formula is C29H45NO2. The molecule has 0 aliphatic rings. The Bertz CT molecular complexity index is 816. The number of nitrogens with zero attached hydrogens (tertiary/aromatic N) is 1. The van der Waals surface area contributed by atoms with Crippen LogP contribution in [0.1, 0.15) is 79.9 Å². The number of carbonyl (C=O) groups excluding carboxylic acids is 1. The molecule has 0 aromatic heterocycles. The summed E-state index contributed by atoms with van der Waals surface area (Å²) < 4.78 is 0. The van der Waals surface area contributed by atoms with Gasteiger partial charge in [0, 0.05) is 12.8 Å². The molecule has 0 bridgehead atoms. The number of aliphatic imine (C=N–C) groups is 1. The van der Waals surface area contributed by atoms with Gasteiger partial charge in [-0.15, -0.1) is 0 Å². The second kappa shape index (κ2) is 17.9. The van der Waals surface area contributed by atoms with E-state index < -0.39 is 0 Å². The quantitative estimate of drug-likeness (QED) is 0.191. The van der Waals surface area contributed by atoms with E-state index in [1.807, 2.05) is 59.8 Å². The third-order valence-electron chi connectivity index (χ3n) is 4.02. The van der Waals surface area contributed by atoms with Crippen molar-refractivity contribution in [3.05, 3.63) is 76.6 Å². The van der Waals surface area contributed by atoms with E-state index in [9.17, 15) is 9.90 Å². The molecule has 0 radical (unpaired) electrons. The number of hydrogen-bond acceptors (Lipinski definition) is 3. The van der Waals surface area contributed by atoms with Crippen molar-refractivity contribution in [1.82, 2.24) is 0 Å². The minimum absolute atomic E-state index is 0.0662. The Morgan fingerprint density at radius 2 is 1.50 bits per heavy atom. The molecule has 0 saturated carbocycles. The first-order valence-corrected chi connectivity index (χ1v) is 11.6. The van der Waals surface area contributed by atoms with E-state index in [1.165, 1.54) is 18.7 Å². The van der Waals surface area contributed by atoms with E-state index in [-0.39, 0.29) is 17.1 Å².